The normalized spacial score (nSPS) is 12.4. The molecule has 3 rings (SSSR count). The van der Waals surface area contributed by atoms with Gasteiger partial charge in [-0.2, -0.15) is 25.3 Å². The zero-order chi connectivity index (χ0) is 23.0. The van der Waals surface area contributed by atoms with Gasteiger partial charge in [-0.25, -0.2) is 0 Å². The topological polar surface area (TPSA) is 163 Å². The van der Waals surface area contributed by atoms with Gasteiger partial charge in [0.15, 0.2) is 0 Å². The molecule has 0 bridgehead atoms. The summed E-state index contributed by atoms with van der Waals surface area (Å²) < 4.78 is 95.4. The van der Waals surface area contributed by atoms with Crippen molar-refractivity contribution in [3.8, 4) is 0 Å². The average Bonchev–Trinajstić information content (AvgIpc) is 2.67. The second-order valence-electron chi connectivity index (χ2n) is 6.24. The Kier molecular flexibility index (Phi) is 8.99. The van der Waals surface area contributed by atoms with Crippen LogP contribution in [0.4, 0.5) is 0 Å². The standard InChI is InChI=1S/C18H15O9PS3.K.H/c19-29(20,21)16-7-1-13(2-8-16)28(14-3-9-17(10-4-14)30(22,23)24)15-5-11-18(12-6-15)31(25,26)27;;/h1-12H,(H,19,20,21)(H,22,23,24)(H,25,26,27);;. The van der Waals surface area contributed by atoms with Gasteiger partial charge in [-0.05, 0) is 60.2 Å². The van der Waals surface area contributed by atoms with Gasteiger partial charge in [0.25, 0.3) is 30.4 Å². The van der Waals surface area contributed by atoms with Crippen LogP contribution in [0.25, 0.3) is 0 Å². The van der Waals surface area contributed by atoms with E-state index in [0.29, 0.717) is 15.9 Å². The van der Waals surface area contributed by atoms with E-state index in [4.69, 9.17) is 0 Å². The molecule has 3 aromatic rings. The first-order chi connectivity index (χ1) is 14.3. The van der Waals surface area contributed by atoms with E-state index in [1.54, 1.807) is 0 Å². The fraction of sp³-hybridized carbons (Fsp3) is 0. The summed E-state index contributed by atoms with van der Waals surface area (Å²) in [6, 6.07) is 16.1. The molecule has 0 aliphatic heterocycles. The SMILES string of the molecule is O=S(=O)(O)c1ccc(P(c2ccc(S(=O)(=O)O)cc2)c2ccc(S(=O)(=O)O)cc2)cc1.[KH]. The molecule has 9 nitrogen and oxygen atoms in total. The molecule has 0 saturated heterocycles. The molecule has 0 aliphatic carbocycles. The molecule has 0 saturated carbocycles. The van der Waals surface area contributed by atoms with Crippen LogP contribution in [0.3, 0.4) is 0 Å². The molecular weight excluding hydrogens is 526 g/mol. The van der Waals surface area contributed by atoms with Crippen LogP contribution in [0, 0.1) is 0 Å². The van der Waals surface area contributed by atoms with E-state index in [9.17, 15) is 38.9 Å². The van der Waals surface area contributed by atoms with Crippen molar-refractivity contribution in [2.24, 2.45) is 0 Å². The van der Waals surface area contributed by atoms with Gasteiger partial charge in [0.05, 0.1) is 14.7 Å². The quantitative estimate of drug-likeness (QED) is 0.229. The minimum absolute atomic E-state index is 0. The number of hydrogen-bond acceptors (Lipinski definition) is 6. The monoisotopic (exact) mass is 542 g/mol. The summed E-state index contributed by atoms with van der Waals surface area (Å²) in [6.07, 6.45) is 0. The summed E-state index contributed by atoms with van der Waals surface area (Å²) in [5.41, 5.74) is 0. The predicted octanol–water partition coefficient (Wildman–Crippen LogP) is 0.536. The Balaban J connectivity index is 0.00000363. The second-order valence-corrected chi connectivity index (χ2v) is 12.7. The van der Waals surface area contributed by atoms with Crippen LogP contribution in [-0.2, 0) is 30.4 Å². The van der Waals surface area contributed by atoms with E-state index in [0.717, 1.165) is 0 Å². The average molecular weight is 543 g/mol. The molecule has 0 radical (unpaired) electrons. The van der Waals surface area contributed by atoms with Crippen molar-refractivity contribution in [3.63, 3.8) is 0 Å². The minimum atomic E-state index is -4.40. The van der Waals surface area contributed by atoms with Gasteiger partial charge in [-0.1, -0.05) is 36.4 Å². The zero-order valence-electron chi connectivity index (χ0n) is 15.4. The summed E-state index contributed by atoms with van der Waals surface area (Å²) in [7, 11) is -14.6. The fourth-order valence-electron chi connectivity index (χ4n) is 2.75. The first kappa shape index (κ1) is 27.7. The summed E-state index contributed by atoms with van der Waals surface area (Å²) in [5.74, 6) is 0. The van der Waals surface area contributed by atoms with E-state index < -0.39 is 38.3 Å². The molecule has 14 heteroatoms. The molecule has 0 heterocycles. The summed E-state index contributed by atoms with van der Waals surface area (Å²) in [5, 5.41) is 1.84. The van der Waals surface area contributed by atoms with E-state index in [2.05, 4.69) is 0 Å². The second kappa shape index (κ2) is 10.4. The maximum atomic E-state index is 11.3. The molecule has 32 heavy (non-hydrogen) atoms. The van der Waals surface area contributed by atoms with Gasteiger partial charge in [-0.15, -0.1) is 0 Å². The van der Waals surface area contributed by atoms with E-state index in [1.165, 1.54) is 72.8 Å². The van der Waals surface area contributed by atoms with Gasteiger partial charge < -0.3 is 0 Å². The van der Waals surface area contributed by atoms with Crippen LogP contribution >= 0.6 is 7.92 Å². The Morgan fingerprint density at radius 3 is 0.781 bits per heavy atom. The third-order valence-corrected chi connectivity index (χ3v) is 9.23. The molecule has 0 unspecified atom stereocenters. The van der Waals surface area contributed by atoms with Crippen molar-refractivity contribution in [3.05, 3.63) is 72.8 Å². The first-order valence-corrected chi connectivity index (χ1v) is 14.0. The number of hydrogen-bond donors (Lipinski definition) is 3. The maximum absolute atomic E-state index is 11.3. The molecule has 0 aromatic heterocycles. The van der Waals surface area contributed by atoms with Crippen molar-refractivity contribution in [1.29, 1.82) is 0 Å². The fourth-order valence-corrected chi connectivity index (χ4v) is 6.42. The van der Waals surface area contributed by atoms with E-state index in [-0.39, 0.29) is 66.1 Å². The van der Waals surface area contributed by atoms with Crippen molar-refractivity contribution in [2.75, 3.05) is 0 Å². The Morgan fingerprint density at radius 1 is 0.438 bits per heavy atom. The molecular formula is C18H16KO9PS3. The van der Waals surface area contributed by atoms with Gasteiger partial charge in [-0.3, -0.25) is 13.7 Å². The van der Waals surface area contributed by atoms with Gasteiger partial charge >= 0.3 is 51.4 Å². The van der Waals surface area contributed by atoms with Crippen LogP contribution in [-0.4, -0.2) is 90.3 Å². The Labute approximate surface area is 229 Å². The zero-order valence-corrected chi connectivity index (χ0v) is 18.7. The van der Waals surface area contributed by atoms with Gasteiger partial charge in [0, 0.05) is 0 Å². The Hall–Kier alpha value is -0.544. The summed E-state index contributed by atoms with van der Waals surface area (Å²) in [6.45, 7) is 0. The Morgan fingerprint density at radius 2 is 0.625 bits per heavy atom. The first-order valence-electron chi connectivity index (χ1n) is 8.30. The third kappa shape index (κ3) is 6.75. The van der Waals surface area contributed by atoms with Gasteiger partial charge in [0.1, 0.15) is 0 Å². The predicted molar refractivity (Wildman–Crippen MR) is 122 cm³/mol. The Bertz CT molecular complexity index is 1240. The van der Waals surface area contributed by atoms with Crippen molar-refractivity contribution in [1.82, 2.24) is 0 Å². The molecule has 0 amide bonds. The van der Waals surface area contributed by atoms with Crippen LogP contribution in [0.2, 0.25) is 0 Å². The molecule has 0 spiro atoms. The van der Waals surface area contributed by atoms with E-state index in [1.807, 2.05) is 0 Å². The van der Waals surface area contributed by atoms with Crippen LogP contribution < -0.4 is 15.9 Å². The molecule has 0 atom stereocenters. The summed E-state index contributed by atoms with van der Waals surface area (Å²) >= 11 is 0. The van der Waals surface area contributed by atoms with Crippen molar-refractivity contribution in [2.45, 2.75) is 14.7 Å². The third-order valence-electron chi connectivity index (χ3n) is 4.18. The van der Waals surface area contributed by atoms with Gasteiger partial charge in [0.2, 0.25) is 0 Å². The molecule has 3 aromatic carbocycles. The molecule has 166 valence electrons. The molecule has 0 fully saturated rings. The number of benzene rings is 3. The van der Waals surface area contributed by atoms with Crippen LogP contribution in [0.5, 0.6) is 0 Å². The van der Waals surface area contributed by atoms with Crippen molar-refractivity contribution >= 4 is 106 Å². The summed E-state index contributed by atoms with van der Waals surface area (Å²) in [4.78, 5) is -0.932. The molecule has 3 N–H and O–H groups in total. The van der Waals surface area contributed by atoms with Crippen LogP contribution in [0.1, 0.15) is 0 Å². The molecule has 0 aliphatic rings. The van der Waals surface area contributed by atoms with E-state index >= 15 is 0 Å². The van der Waals surface area contributed by atoms with Crippen LogP contribution in [0.15, 0.2) is 87.5 Å². The number of rotatable bonds is 6. The van der Waals surface area contributed by atoms with Crippen molar-refractivity contribution < 1.29 is 38.9 Å².